The van der Waals surface area contributed by atoms with E-state index in [1.807, 2.05) is 0 Å². The summed E-state index contributed by atoms with van der Waals surface area (Å²) in [6.45, 7) is 14.5. The molecule has 1 aliphatic carbocycles. The van der Waals surface area contributed by atoms with E-state index in [0.717, 1.165) is 11.8 Å². The number of rotatable bonds is 3. The highest BCUT2D eigenvalue weighted by Gasteiger charge is 2.55. The number of hydrogen-bond acceptors (Lipinski definition) is 0. The molecule has 1 saturated carbocycles. The molecule has 1 fully saturated rings. The summed E-state index contributed by atoms with van der Waals surface area (Å²) in [6, 6.07) is 0. The standard InChI is InChI=1S/C13H26/c1-7-11-9-10(3)13(11,6)12(4,5)8-2/h10-11H,7-9H2,1-6H3. The van der Waals surface area contributed by atoms with E-state index in [1.165, 1.54) is 19.3 Å². The van der Waals surface area contributed by atoms with Crippen LogP contribution >= 0.6 is 0 Å². The number of hydrogen-bond donors (Lipinski definition) is 0. The fourth-order valence-corrected chi connectivity index (χ4v) is 3.35. The van der Waals surface area contributed by atoms with Gasteiger partial charge in [0.1, 0.15) is 0 Å². The zero-order valence-electron chi connectivity index (χ0n) is 10.3. The summed E-state index contributed by atoms with van der Waals surface area (Å²) in [5, 5.41) is 0. The molecule has 0 aromatic rings. The van der Waals surface area contributed by atoms with Crippen LogP contribution in [0.4, 0.5) is 0 Å². The normalized spacial score (nSPS) is 40.2. The van der Waals surface area contributed by atoms with Crippen molar-refractivity contribution in [3.05, 3.63) is 0 Å². The fourth-order valence-electron chi connectivity index (χ4n) is 3.35. The molecular formula is C13H26. The van der Waals surface area contributed by atoms with E-state index in [0.29, 0.717) is 10.8 Å². The molecule has 0 aromatic heterocycles. The predicted molar refractivity (Wildman–Crippen MR) is 59.7 cm³/mol. The van der Waals surface area contributed by atoms with Gasteiger partial charge in [-0.25, -0.2) is 0 Å². The zero-order valence-corrected chi connectivity index (χ0v) is 10.3. The van der Waals surface area contributed by atoms with Crippen LogP contribution in [0.2, 0.25) is 0 Å². The van der Waals surface area contributed by atoms with Crippen molar-refractivity contribution in [2.24, 2.45) is 22.7 Å². The average Bonchev–Trinajstić information content (AvgIpc) is 2.12. The summed E-state index contributed by atoms with van der Waals surface area (Å²) in [5.74, 6) is 1.89. The molecule has 1 rings (SSSR count). The van der Waals surface area contributed by atoms with Crippen LogP contribution in [0.3, 0.4) is 0 Å². The molecule has 0 amide bonds. The van der Waals surface area contributed by atoms with Crippen LogP contribution in [-0.4, -0.2) is 0 Å². The van der Waals surface area contributed by atoms with Gasteiger partial charge in [0.05, 0.1) is 0 Å². The monoisotopic (exact) mass is 182 g/mol. The molecule has 3 unspecified atom stereocenters. The Labute approximate surface area is 84.1 Å². The van der Waals surface area contributed by atoms with Crippen LogP contribution in [-0.2, 0) is 0 Å². The van der Waals surface area contributed by atoms with Gasteiger partial charge in [-0.15, -0.1) is 0 Å². The van der Waals surface area contributed by atoms with Crippen molar-refractivity contribution in [2.75, 3.05) is 0 Å². The summed E-state index contributed by atoms with van der Waals surface area (Å²) in [4.78, 5) is 0. The van der Waals surface area contributed by atoms with Gasteiger partial charge in [0.15, 0.2) is 0 Å². The molecule has 78 valence electrons. The first-order valence-electron chi connectivity index (χ1n) is 5.90. The lowest BCUT2D eigenvalue weighted by atomic mass is 9.43. The van der Waals surface area contributed by atoms with E-state index in [9.17, 15) is 0 Å². The van der Waals surface area contributed by atoms with E-state index in [4.69, 9.17) is 0 Å². The third-order valence-corrected chi connectivity index (χ3v) is 5.34. The van der Waals surface area contributed by atoms with E-state index >= 15 is 0 Å². The lowest BCUT2D eigenvalue weighted by Gasteiger charge is -2.61. The molecule has 3 atom stereocenters. The molecular weight excluding hydrogens is 156 g/mol. The van der Waals surface area contributed by atoms with Crippen molar-refractivity contribution in [3.8, 4) is 0 Å². The van der Waals surface area contributed by atoms with Crippen LogP contribution in [0.15, 0.2) is 0 Å². The lowest BCUT2D eigenvalue weighted by Crippen LogP contribution is -2.54. The second-order valence-electron chi connectivity index (χ2n) is 5.76. The Kier molecular flexibility index (Phi) is 2.81. The molecule has 0 N–H and O–H groups in total. The Morgan fingerprint density at radius 1 is 1.31 bits per heavy atom. The third kappa shape index (κ3) is 1.33. The van der Waals surface area contributed by atoms with E-state index in [2.05, 4.69) is 41.5 Å². The van der Waals surface area contributed by atoms with Crippen LogP contribution in [0, 0.1) is 22.7 Å². The van der Waals surface area contributed by atoms with Gasteiger partial charge in [-0.2, -0.15) is 0 Å². The molecule has 1 aliphatic rings. The van der Waals surface area contributed by atoms with Crippen LogP contribution in [0.5, 0.6) is 0 Å². The first kappa shape index (κ1) is 11.1. The van der Waals surface area contributed by atoms with Crippen LogP contribution in [0.25, 0.3) is 0 Å². The minimum atomic E-state index is 0.519. The maximum atomic E-state index is 2.51. The van der Waals surface area contributed by atoms with E-state index in [1.54, 1.807) is 0 Å². The van der Waals surface area contributed by atoms with Gasteiger partial charge in [-0.3, -0.25) is 0 Å². The van der Waals surface area contributed by atoms with Crippen molar-refractivity contribution in [3.63, 3.8) is 0 Å². The first-order valence-corrected chi connectivity index (χ1v) is 5.90. The smallest absolute Gasteiger partial charge is 0.0221 e. The van der Waals surface area contributed by atoms with Gasteiger partial charge in [0.2, 0.25) is 0 Å². The highest BCUT2D eigenvalue weighted by atomic mass is 14.6. The summed E-state index contributed by atoms with van der Waals surface area (Å²) in [5.41, 5.74) is 1.11. The maximum Gasteiger partial charge on any atom is -0.0221 e. The second-order valence-corrected chi connectivity index (χ2v) is 5.76. The van der Waals surface area contributed by atoms with Gasteiger partial charge in [0, 0.05) is 0 Å². The van der Waals surface area contributed by atoms with Crippen molar-refractivity contribution < 1.29 is 0 Å². The predicted octanol–water partition coefficient (Wildman–Crippen LogP) is 4.49. The third-order valence-electron chi connectivity index (χ3n) is 5.34. The fraction of sp³-hybridized carbons (Fsp3) is 1.00. The summed E-state index contributed by atoms with van der Waals surface area (Å²) in [7, 11) is 0. The Bertz CT molecular complexity index is 180. The van der Waals surface area contributed by atoms with Gasteiger partial charge in [0.25, 0.3) is 0 Å². The molecule has 0 radical (unpaired) electrons. The Balaban J connectivity index is 2.84. The molecule has 0 saturated heterocycles. The topological polar surface area (TPSA) is 0 Å². The molecule has 0 spiro atoms. The summed E-state index contributed by atoms with van der Waals surface area (Å²) in [6.07, 6.45) is 4.13. The molecule has 0 aromatic carbocycles. The molecule has 0 aliphatic heterocycles. The minimum Gasteiger partial charge on any atom is -0.0651 e. The lowest BCUT2D eigenvalue weighted by molar-refractivity contribution is -0.126. The van der Waals surface area contributed by atoms with Crippen molar-refractivity contribution in [1.29, 1.82) is 0 Å². The zero-order chi connectivity index (χ0) is 10.3. The van der Waals surface area contributed by atoms with Gasteiger partial charge in [-0.05, 0) is 29.1 Å². The second kappa shape index (κ2) is 3.29. The van der Waals surface area contributed by atoms with Gasteiger partial charge in [-0.1, -0.05) is 54.4 Å². The minimum absolute atomic E-state index is 0.519. The van der Waals surface area contributed by atoms with Gasteiger partial charge >= 0.3 is 0 Å². The molecule has 0 heteroatoms. The first-order chi connectivity index (χ1) is 5.90. The highest BCUT2D eigenvalue weighted by molar-refractivity contribution is 5.04. The van der Waals surface area contributed by atoms with Crippen LogP contribution in [0.1, 0.15) is 60.8 Å². The quantitative estimate of drug-likeness (QED) is 0.603. The van der Waals surface area contributed by atoms with E-state index < -0.39 is 0 Å². The van der Waals surface area contributed by atoms with Gasteiger partial charge < -0.3 is 0 Å². The van der Waals surface area contributed by atoms with E-state index in [-0.39, 0.29) is 0 Å². The largest absolute Gasteiger partial charge is 0.0651 e. The molecule has 0 nitrogen and oxygen atoms in total. The summed E-state index contributed by atoms with van der Waals surface area (Å²) >= 11 is 0. The SMILES string of the molecule is CCC1CC(C)C1(C)C(C)(C)CC. The average molecular weight is 182 g/mol. The Hall–Kier alpha value is 0. The van der Waals surface area contributed by atoms with Crippen LogP contribution < -0.4 is 0 Å². The Morgan fingerprint density at radius 2 is 1.85 bits per heavy atom. The Morgan fingerprint density at radius 3 is 2.15 bits per heavy atom. The highest BCUT2D eigenvalue weighted by Crippen LogP contribution is 2.63. The van der Waals surface area contributed by atoms with Crippen molar-refractivity contribution in [1.82, 2.24) is 0 Å². The van der Waals surface area contributed by atoms with Crippen molar-refractivity contribution in [2.45, 2.75) is 60.8 Å². The molecule has 0 heterocycles. The molecule has 13 heavy (non-hydrogen) atoms. The molecule has 0 bridgehead atoms. The van der Waals surface area contributed by atoms with Crippen molar-refractivity contribution >= 4 is 0 Å². The maximum absolute atomic E-state index is 2.51. The summed E-state index contributed by atoms with van der Waals surface area (Å²) < 4.78 is 0.